The Morgan fingerprint density at radius 1 is 1.36 bits per heavy atom. The molecule has 0 spiro atoms. The molecule has 0 aromatic heterocycles. The minimum Gasteiger partial charge on any atom is -0.297 e. The number of hydrogen-bond donors (Lipinski definition) is 1. The third kappa shape index (κ3) is 3.49. The molecule has 0 atom stereocenters. The van der Waals surface area contributed by atoms with Crippen molar-refractivity contribution in [1.82, 2.24) is 5.48 Å². The Bertz CT molecular complexity index is 111. The molecular formula is C8H16N2O. The van der Waals surface area contributed by atoms with Gasteiger partial charge >= 0.3 is 0 Å². The normalized spacial score (nSPS) is 20.0. The molecule has 0 aromatic rings. The predicted octanol–water partition coefficient (Wildman–Crippen LogP) is 1.50. The van der Waals surface area contributed by atoms with Crippen LogP contribution < -0.4 is 5.48 Å². The highest BCUT2D eigenvalue weighted by Crippen LogP contribution is 2.19. The monoisotopic (exact) mass is 156 g/mol. The van der Waals surface area contributed by atoms with E-state index in [2.05, 4.69) is 17.2 Å². The number of aliphatic imine (C=N–C) groups is 1. The fourth-order valence-electron chi connectivity index (χ4n) is 1.38. The summed E-state index contributed by atoms with van der Waals surface area (Å²) in [6.45, 7) is 3.85. The van der Waals surface area contributed by atoms with E-state index in [-0.39, 0.29) is 0 Å². The second kappa shape index (κ2) is 5.27. The molecule has 0 radical (unpaired) electrons. The number of nitrogens with zero attached hydrogens (tertiary/aromatic N) is 1. The lowest BCUT2D eigenvalue weighted by molar-refractivity contribution is -0.0403. The van der Waals surface area contributed by atoms with Gasteiger partial charge < -0.3 is 0 Å². The molecule has 1 rings (SSSR count). The summed E-state index contributed by atoms with van der Waals surface area (Å²) in [6.07, 6.45) is 6.74. The van der Waals surface area contributed by atoms with E-state index in [4.69, 9.17) is 4.84 Å². The van der Waals surface area contributed by atoms with Crippen LogP contribution in [0.4, 0.5) is 0 Å². The number of hydroxylamine groups is 1. The Kier molecular flexibility index (Phi) is 4.16. The van der Waals surface area contributed by atoms with E-state index in [1.54, 1.807) is 0 Å². The van der Waals surface area contributed by atoms with Gasteiger partial charge in [-0.2, -0.15) is 5.48 Å². The second-order valence-electron chi connectivity index (χ2n) is 2.90. The molecule has 3 heteroatoms. The molecule has 0 aromatic carbocycles. The summed E-state index contributed by atoms with van der Waals surface area (Å²) in [4.78, 5) is 8.97. The van der Waals surface area contributed by atoms with Gasteiger partial charge in [-0.25, -0.2) is 0 Å². The first kappa shape index (κ1) is 8.68. The van der Waals surface area contributed by atoms with E-state index in [1.165, 1.54) is 32.1 Å². The van der Waals surface area contributed by atoms with Gasteiger partial charge in [0.05, 0.1) is 6.10 Å². The highest BCUT2D eigenvalue weighted by Gasteiger charge is 2.12. The van der Waals surface area contributed by atoms with Crippen molar-refractivity contribution >= 4 is 6.72 Å². The Morgan fingerprint density at radius 3 is 2.73 bits per heavy atom. The van der Waals surface area contributed by atoms with Crippen molar-refractivity contribution in [2.75, 3.05) is 6.67 Å². The second-order valence-corrected chi connectivity index (χ2v) is 2.90. The van der Waals surface area contributed by atoms with Crippen LogP contribution in [0.25, 0.3) is 0 Å². The number of rotatable bonds is 4. The average molecular weight is 156 g/mol. The Labute approximate surface area is 67.8 Å². The van der Waals surface area contributed by atoms with Gasteiger partial charge in [0.2, 0.25) is 0 Å². The fourth-order valence-corrected chi connectivity index (χ4v) is 1.38. The summed E-state index contributed by atoms with van der Waals surface area (Å²) in [6, 6.07) is 0. The smallest absolute Gasteiger partial charge is 0.111 e. The maximum atomic E-state index is 5.34. The first-order valence-electron chi connectivity index (χ1n) is 4.24. The third-order valence-electron chi connectivity index (χ3n) is 1.98. The van der Waals surface area contributed by atoms with E-state index >= 15 is 0 Å². The van der Waals surface area contributed by atoms with Crippen LogP contribution in [-0.4, -0.2) is 19.5 Å². The van der Waals surface area contributed by atoms with Crippen molar-refractivity contribution < 1.29 is 4.84 Å². The van der Waals surface area contributed by atoms with Crippen LogP contribution >= 0.6 is 0 Å². The van der Waals surface area contributed by atoms with E-state index in [9.17, 15) is 0 Å². The predicted molar refractivity (Wildman–Crippen MR) is 45.5 cm³/mol. The number of nitrogens with one attached hydrogen (secondary N) is 1. The molecule has 64 valence electrons. The topological polar surface area (TPSA) is 33.6 Å². The van der Waals surface area contributed by atoms with Crippen LogP contribution in [0.5, 0.6) is 0 Å². The fraction of sp³-hybridized carbons (Fsp3) is 0.875. The van der Waals surface area contributed by atoms with Crippen LogP contribution in [0.2, 0.25) is 0 Å². The minimum absolute atomic E-state index is 0.408. The molecule has 3 nitrogen and oxygen atoms in total. The molecule has 0 heterocycles. The maximum absolute atomic E-state index is 5.34. The van der Waals surface area contributed by atoms with Gasteiger partial charge in [-0.3, -0.25) is 9.83 Å². The van der Waals surface area contributed by atoms with E-state index in [0.29, 0.717) is 12.8 Å². The number of hydrogen-bond acceptors (Lipinski definition) is 3. The van der Waals surface area contributed by atoms with Crippen molar-refractivity contribution in [2.45, 2.75) is 38.2 Å². The van der Waals surface area contributed by atoms with Gasteiger partial charge in [-0.15, -0.1) is 0 Å². The largest absolute Gasteiger partial charge is 0.297 e. The molecule has 1 saturated carbocycles. The SMILES string of the molecule is C=NCNOC1CCCCC1. The van der Waals surface area contributed by atoms with Crippen LogP contribution in [0.15, 0.2) is 4.99 Å². The molecule has 0 saturated heterocycles. The Morgan fingerprint density at radius 2 is 2.09 bits per heavy atom. The van der Waals surface area contributed by atoms with Crippen molar-refractivity contribution in [3.8, 4) is 0 Å². The molecular weight excluding hydrogens is 140 g/mol. The van der Waals surface area contributed by atoms with Crippen molar-refractivity contribution in [3.05, 3.63) is 0 Å². The zero-order chi connectivity index (χ0) is 7.94. The summed E-state index contributed by atoms with van der Waals surface area (Å²) in [7, 11) is 0. The van der Waals surface area contributed by atoms with Crippen LogP contribution in [0, 0.1) is 0 Å². The van der Waals surface area contributed by atoms with Crippen molar-refractivity contribution in [1.29, 1.82) is 0 Å². The van der Waals surface area contributed by atoms with Crippen molar-refractivity contribution in [2.24, 2.45) is 4.99 Å². The zero-order valence-electron chi connectivity index (χ0n) is 6.88. The summed E-state index contributed by atoms with van der Waals surface area (Å²) < 4.78 is 0. The Balaban J connectivity index is 2.00. The summed E-state index contributed by atoms with van der Waals surface area (Å²) in [5.41, 5.74) is 2.78. The lowest BCUT2D eigenvalue weighted by Crippen LogP contribution is -2.25. The molecule has 1 aliphatic carbocycles. The highest BCUT2D eigenvalue weighted by atomic mass is 16.7. The van der Waals surface area contributed by atoms with Gasteiger partial charge in [0, 0.05) is 0 Å². The van der Waals surface area contributed by atoms with Gasteiger partial charge in [-0.05, 0) is 19.6 Å². The molecule has 1 N–H and O–H groups in total. The molecule has 1 fully saturated rings. The average Bonchev–Trinajstić information content (AvgIpc) is 2.07. The van der Waals surface area contributed by atoms with Crippen molar-refractivity contribution in [3.63, 3.8) is 0 Å². The van der Waals surface area contributed by atoms with E-state index < -0.39 is 0 Å². The highest BCUT2D eigenvalue weighted by molar-refractivity contribution is 5.22. The molecule has 0 unspecified atom stereocenters. The molecule has 0 aliphatic heterocycles. The van der Waals surface area contributed by atoms with Crippen LogP contribution in [0.1, 0.15) is 32.1 Å². The maximum Gasteiger partial charge on any atom is 0.111 e. The summed E-state index contributed by atoms with van der Waals surface area (Å²) in [5.74, 6) is 0. The zero-order valence-corrected chi connectivity index (χ0v) is 6.88. The first-order chi connectivity index (χ1) is 5.43. The van der Waals surface area contributed by atoms with E-state index in [1.807, 2.05) is 0 Å². The van der Waals surface area contributed by atoms with Gasteiger partial charge in [0.1, 0.15) is 6.67 Å². The quantitative estimate of drug-likeness (QED) is 0.380. The summed E-state index contributed by atoms with van der Waals surface area (Å²) in [5, 5.41) is 0. The molecule has 0 bridgehead atoms. The minimum atomic E-state index is 0.408. The van der Waals surface area contributed by atoms with Gasteiger partial charge in [-0.1, -0.05) is 19.3 Å². The first-order valence-corrected chi connectivity index (χ1v) is 4.24. The van der Waals surface area contributed by atoms with Crippen LogP contribution in [0.3, 0.4) is 0 Å². The molecule has 11 heavy (non-hydrogen) atoms. The summed E-state index contributed by atoms with van der Waals surface area (Å²) >= 11 is 0. The molecule has 1 aliphatic rings. The standard InChI is InChI=1S/C8H16N2O/c1-9-7-10-11-8-5-3-2-4-6-8/h8,10H,1-7H2. The van der Waals surface area contributed by atoms with Crippen LogP contribution in [-0.2, 0) is 4.84 Å². The van der Waals surface area contributed by atoms with Gasteiger partial charge in [0.25, 0.3) is 0 Å². The van der Waals surface area contributed by atoms with Gasteiger partial charge in [0.15, 0.2) is 0 Å². The lowest BCUT2D eigenvalue weighted by Gasteiger charge is -2.20. The third-order valence-corrected chi connectivity index (χ3v) is 1.98. The lowest BCUT2D eigenvalue weighted by atomic mass is 9.98. The Hall–Kier alpha value is -0.410. The van der Waals surface area contributed by atoms with E-state index in [0.717, 1.165) is 0 Å². The molecule has 0 amide bonds.